The highest BCUT2D eigenvalue weighted by Gasteiger charge is 2.44. The zero-order valence-electron chi connectivity index (χ0n) is 34.6. The summed E-state index contributed by atoms with van der Waals surface area (Å²) in [5.74, 6) is -6.63. The average molecular weight is 895 g/mol. The Balaban J connectivity index is 1.39. The first kappa shape index (κ1) is 46.9. The number of nitrogens with one attached hydrogen (secondary N) is 8. The Labute approximate surface area is 366 Å². The number of hydrogen-bond donors (Lipinski definition) is 12. The molecule has 3 aliphatic rings. The number of thioether (sulfide) groups is 1. The second-order valence-corrected chi connectivity index (χ2v) is 17.4. The van der Waals surface area contributed by atoms with E-state index in [0.717, 1.165) is 22.7 Å². The zero-order chi connectivity index (χ0) is 45.4. The van der Waals surface area contributed by atoms with Crippen LogP contribution < -0.4 is 37.2 Å². The number of H-pyrrole nitrogens is 1. The van der Waals surface area contributed by atoms with Gasteiger partial charge in [-0.25, -0.2) is 0 Å². The Hall–Kier alpha value is -5.58. The summed E-state index contributed by atoms with van der Waals surface area (Å²) in [5.41, 5.74) is 0.707. The van der Waals surface area contributed by atoms with Crippen molar-refractivity contribution in [3.63, 3.8) is 0 Å². The highest BCUT2D eigenvalue weighted by molar-refractivity contribution is 7.99. The number of benzene rings is 2. The van der Waals surface area contributed by atoms with Gasteiger partial charge in [0.15, 0.2) is 0 Å². The van der Waals surface area contributed by atoms with E-state index in [2.05, 4.69) is 42.2 Å². The molecule has 6 rings (SSSR count). The first-order valence-electron chi connectivity index (χ1n) is 20.7. The van der Waals surface area contributed by atoms with Gasteiger partial charge in [0.2, 0.25) is 41.4 Å². The van der Waals surface area contributed by atoms with Gasteiger partial charge in [-0.05, 0) is 29.5 Å². The standard InChI is InChI=1S/C42H54N8O12S/c1-20(2)12-25-36(56)50-30(19-63-42-35(55)34(54)33(53)31(18-51)62-42)41(61)48-28-15-32(52)44-17-29(40(60)45-25)49-37(57)26(13-21-8-4-3-5-9-21)46-38(58)27(47-39(28)59)14-22-16-43-24-11-7-6-10-23(22)24/h3-11,16,20,25-31,33-35,42-43,51,53-55H,12-15,17-19H2,1-2H3,(H,44,52)(H,45,60)(H,46,58)(H,47,59)(H,48,61)(H,49,57)(H,50,56)/t25-,26-,27-,28-,29-,30-,31+,33-,34-,35+,42-/m0/s1. The van der Waals surface area contributed by atoms with Crippen molar-refractivity contribution in [3.05, 3.63) is 71.9 Å². The van der Waals surface area contributed by atoms with E-state index in [0.29, 0.717) is 11.1 Å². The number of fused-ring (bicyclic) bond motifs is 6. The molecule has 0 aliphatic carbocycles. The van der Waals surface area contributed by atoms with Gasteiger partial charge in [-0.15, -0.1) is 11.8 Å². The lowest BCUT2D eigenvalue weighted by Gasteiger charge is -2.40. The van der Waals surface area contributed by atoms with Crippen LogP contribution in [-0.2, 0) is 51.1 Å². The van der Waals surface area contributed by atoms with Crippen LogP contribution >= 0.6 is 11.8 Å². The molecule has 4 heterocycles. The van der Waals surface area contributed by atoms with Gasteiger partial charge in [0.25, 0.3) is 0 Å². The van der Waals surface area contributed by atoms with Gasteiger partial charge < -0.3 is 67.4 Å². The van der Waals surface area contributed by atoms with Gasteiger partial charge in [-0.1, -0.05) is 62.4 Å². The average Bonchev–Trinajstić information content (AvgIpc) is 3.67. The molecule has 340 valence electrons. The lowest BCUT2D eigenvalue weighted by atomic mass is 10.00. The summed E-state index contributed by atoms with van der Waals surface area (Å²) in [6, 6.07) is 7.32. The molecule has 63 heavy (non-hydrogen) atoms. The fourth-order valence-electron chi connectivity index (χ4n) is 7.60. The van der Waals surface area contributed by atoms with E-state index in [1.54, 1.807) is 56.4 Å². The first-order chi connectivity index (χ1) is 30.1. The van der Waals surface area contributed by atoms with Crippen molar-refractivity contribution in [1.29, 1.82) is 0 Å². The maximum Gasteiger partial charge on any atom is 0.245 e. The molecule has 3 aliphatic heterocycles. The molecule has 0 radical (unpaired) electrons. The summed E-state index contributed by atoms with van der Waals surface area (Å²) in [4.78, 5) is 102. The fourth-order valence-corrected chi connectivity index (χ4v) is 8.79. The second-order valence-electron chi connectivity index (χ2n) is 16.3. The van der Waals surface area contributed by atoms with Crippen molar-refractivity contribution in [2.45, 2.75) is 106 Å². The van der Waals surface area contributed by atoms with Crippen LogP contribution in [-0.4, -0.2) is 152 Å². The van der Waals surface area contributed by atoms with E-state index in [-0.39, 0.29) is 25.2 Å². The predicted octanol–water partition coefficient (Wildman–Crippen LogP) is -3.03. The van der Waals surface area contributed by atoms with E-state index in [4.69, 9.17) is 4.74 Å². The minimum absolute atomic E-state index is 0.0353. The van der Waals surface area contributed by atoms with Crippen LogP contribution in [0.1, 0.15) is 37.8 Å². The summed E-state index contributed by atoms with van der Waals surface area (Å²) in [6.07, 6.45) is -5.49. The van der Waals surface area contributed by atoms with Crippen molar-refractivity contribution >= 4 is 64.0 Å². The van der Waals surface area contributed by atoms with Crippen LogP contribution in [0.4, 0.5) is 0 Å². The minimum atomic E-state index is -1.73. The second kappa shape index (κ2) is 21.2. The van der Waals surface area contributed by atoms with Crippen molar-refractivity contribution < 1.29 is 58.7 Å². The number of aliphatic hydroxyl groups is 4. The molecule has 0 saturated carbocycles. The van der Waals surface area contributed by atoms with Crippen molar-refractivity contribution in [3.8, 4) is 0 Å². The topological polar surface area (TPSA) is 310 Å². The maximum absolute atomic E-state index is 14.4. The normalized spacial score (nSPS) is 30.4. The lowest BCUT2D eigenvalue weighted by molar-refractivity contribution is -0.205. The van der Waals surface area contributed by atoms with Gasteiger partial charge in [0.1, 0.15) is 66.1 Å². The van der Waals surface area contributed by atoms with Gasteiger partial charge in [0.05, 0.1) is 13.0 Å². The van der Waals surface area contributed by atoms with Gasteiger partial charge in [0, 0.05) is 42.2 Å². The molecular weight excluding hydrogens is 841 g/mol. The molecule has 1 aromatic heterocycles. The molecule has 12 N–H and O–H groups in total. The first-order valence-corrected chi connectivity index (χ1v) is 21.8. The monoisotopic (exact) mass is 894 g/mol. The van der Waals surface area contributed by atoms with Crippen LogP contribution in [0.25, 0.3) is 10.9 Å². The van der Waals surface area contributed by atoms with Crippen LogP contribution in [0.15, 0.2) is 60.8 Å². The number of rotatable bonds is 10. The van der Waals surface area contributed by atoms with E-state index < -0.39 is 133 Å². The lowest BCUT2D eigenvalue weighted by Crippen LogP contribution is -2.64. The van der Waals surface area contributed by atoms with E-state index in [9.17, 15) is 54.0 Å². The molecule has 11 atom stereocenters. The summed E-state index contributed by atoms with van der Waals surface area (Å²) in [5, 5.41) is 60.3. The molecule has 2 bridgehead atoms. The number of aromatic nitrogens is 1. The molecule has 2 aromatic carbocycles. The molecule has 0 unspecified atom stereocenters. The zero-order valence-corrected chi connectivity index (χ0v) is 35.4. The van der Waals surface area contributed by atoms with Crippen LogP contribution in [0, 0.1) is 5.92 Å². The highest BCUT2D eigenvalue weighted by Crippen LogP contribution is 2.29. The third kappa shape index (κ3) is 11.9. The summed E-state index contributed by atoms with van der Waals surface area (Å²) < 4.78 is 5.60. The Bertz CT molecular complexity index is 2140. The molecule has 20 nitrogen and oxygen atoms in total. The van der Waals surface area contributed by atoms with Crippen molar-refractivity contribution in [1.82, 2.24) is 42.2 Å². The number of aliphatic hydroxyl groups excluding tert-OH is 4. The molecule has 3 saturated heterocycles. The van der Waals surface area contributed by atoms with Gasteiger partial charge >= 0.3 is 0 Å². The summed E-state index contributed by atoms with van der Waals surface area (Å²) >= 11 is 0.746. The number of amides is 7. The van der Waals surface area contributed by atoms with Gasteiger partial charge in [-0.2, -0.15) is 0 Å². The Morgan fingerprint density at radius 1 is 0.667 bits per heavy atom. The fraction of sp³-hybridized carbons (Fsp3) is 0.500. The van der Waals surface area contributed by atoms with Crippen LogP contribution in [0.5, 0.6) is 0 Å². The molecule has 7 amide bonds. The maximum atomic E-state index is 14.4. The predicted molar refractivity (Wildman–Crippen MR) is 227 cm³/mol. The van der Waals surface area contributed by atoms with E-state index in [1.165, 1.54) is 0 Å². The highest BCUT2D eigenvalue weighted by atomic mass is 32.2. The van der Waals surface area contributed by atoms with Crippen molar-refractivity contribution in [2.24, 2.45) is 5.92 Å². The Kier molecular flexibility index (Phi) is 15.8. The minimum Gasteiger partial charge on any atom is -0.394 e. The molecule has 21 heteroatoms. The summed E-state index contributed by atoms with van der Waals surface area (Å²) in [6.45, 7) is 2.36. The van der Waals surface area contributed by atoms with Gasteiger partial charge in [-0.3, -0.25) is 33.6 Å². The SMILES string of the molecule is CC(C)C[C@@H]1NC(=O)[C@@H]2CNC(=O)C[C@H](NC(=O)[C@H](CS[C@@H]3O[C@H](CO)[C@H](O)[C@H](O)[C@H]3O)NC1=O)C(=O)N[C@@H](Cc1c[nH]c3ccccc13)C(=O)N[C@@H](Cc1ccccc1)C(=O)N2. The van der Waals surface area contributed by atoms with E-state index in [1.807, 2.05) is 18.2 Å². The largest absolute Gasteiger partial charge is 0.394 e. The number of aromatic amines is 1. The van der Waals surface area contributed by atoms with Crippen LogP contribution in [0.3, 0.4) is 0 Å². The number of ether oxygens (including phenoxy) is 1. The van der Waals surface area contributed by atoms with Crippen LogP contribution in [0.2, 0.25) is 0 Å². The third-order valence-corrected chi connectivity index (χ3v) is 12.3. The molecule has 3 fully saturated rings. The third-order valence-electron chi connectivity index (χ3n) is 11.1. The Morgan fingerprint density at radius 2 is 1.25 bits per heavy atom. The van der Waals surface area contributed by atoms with Crippen molar-refractivity contribution in [2.75, 3.05) is 18.9 Å². The number of hydrogen-bond acceptors (Lipinski definition) is 13. The molecule has 0 spiro atoms. The Morgan fingerprint density at radius 3 is 1.98 bits per heavy atom. The smallest absolute Gasteiger partial charge is 0.245 e. The van der Waals surface area contributed by atoms with E-state index >= 15 is 0 Å². The number of para-hydroxylation sites is 1. The number of carbonyl (C=O) groups is 7. The molecule has 3 aromatic rings. The number of carbonyl (C=O) groups excluding carboxylic acids is 7. The quantitative estimate of drug-likeness (QED) is 0.0966. The summed E-state index contributed by atoms with van der Waals surface area (Å²) in [7, 11) is 0. The molecular formula is C42H54N8O12S.